The monoisotopic (exact) mass is 291 g/mol. The molecule has 0 aliphatic heterocycles. The maximum Gasteiger partial charge on any atom is 0.191 e. The van der Waals surface area contributed by atoms with Gasteiger partial charge in [0.05, 0.1) is 0 Å². The molecule has 2 N–H and O–H groups in total. The van der Waals surface area contributed by atoms with Crippen LogP contribution in [-0.2, 0) is 6.54 Å². The van der Waals surface area contributed by atoms with Crippen LogP contribution in [0.25, 0.3) is 0 Å². The first kappa shape index (κ1) is 15.2. The van der Waals surface area contributed by atoms with Crippen molar-refractivity contribution >= 4 is 17.7 Å². The van der Waals surface area contributed by atoms with Gasteiger partial charge in [-0.05, 0) is 38.0 Å². The molecular formula is C16H25N3S. The number of guanidine groups is 1. The predicted octanol–water partition coefficient (Wildman–Crippen LogP) is 2.94. The Hall–Kier alpha value is -1.16. The standard InChI is InChI=1S/C16H25N3S/c1-12-4-6-13(7-5-12)11-18-16(17-2)19-14-8-9-15(10-14)20-3/h4-7,14-15H,8-11H2,1-3H3,(H2,17,18,19). The van der Waals surface area contributed by atoms with Crippen LogP contribution in [0.1, 0.15) is 30.4 Å². The first-order valence-corrected chi connectivity index (χ1v) is 8.55. The lowest BCUT2D eigenvalue weighted by Crippen LogP contribution is -2.42. The third-order valence-electron chi connectivity index (χ3n) is 3.86. The number of aliphatic imine (C=N–C) groups is 1. The minimum absolute atomic E-state index is 0.566. The Labute approximate surface area is 126 Å². The third kappa shape index (κ3) is 4.44. The van der Waals surface area contributed by atoms with Crippen LogP contribution in [0.4, 0.5) is 0 Å². The first-order chi connectivity index (χ1) is 9.71. The molecule has 110 valence electrons. The second-order valence-corrected chi connectivity index (χ2v) is 6.56. The van der Waals surface area contributed by atoms with Gasteiger partial charge in [-0.1, -0.05) is 29.8 Å². The van der Waals surface area contributed by atoms with Crippen molar-refractivity contribution in [3.8, 4) is 0 Å². The summed E-state index contributed by atoms with van der Waals surface area (Å²) in [6.45, 7) is 2.93. The average Bonchev–Trinajstić information content (AvgIpc) is 2.93. The molecule has 1 aromatic rings. The van der Waals surface area contributed by atoms with Crippen LogP contribution in [-0.4, -0.2) is 30.6 Å². The lowest BCUT2D eigenvalue weighted by molar-refractivity contribution is 0.614. The van der Waals surface area contributed by atoms with E-state index >= 15 is 0 Å². The van der Waals surface area contributed by atoms with Crippen LogP contribution in [0.5, 0.6) is 0 Å². The van der Waals surface area contributed by atoms with E-state index in [9.17, 15) is 0 Å². The maximum atomic E-state index is 4.32. The summed E-state index contributed by atoms with van der Waals surface area (Å²) in [5.74, 6) is 0.914. The van der Waals surface area contributed by atoms with E-state index in [2.05, 4.69) is 53.1 Å². The molecular weight excluding hydrogens is 266 g/mol. The van der Waals surface area contributed by atoms with Gasteiger partial charge in [0, 0.05) is 24.9 Å². The highest BCUT2D eigenvalue weighted by molar-refractivity contribution is 7.99. The van der Waals surface area contributed by atoms with Crippen molar-refractivity contribution in [3.05, 3.63) is 35.4 Å². The molecule has 1 fully saturated rings. The molecule has 0 saturated heterocycles. The van der Waals surface area contributed by atoms with E-state index in [0.29, 0.717) is 6.04 Å². The zero-order valence-corrected chi connectivity index (χ0v) is 13.5. The van der Waals surface area contributed by atoms with Crippen molar-refractivity contribution < 1.29 is 0 Å². The van der Waals surface area contributed by atoms with E-state index in [1.165, 1.54) is 30.4 Å². The Balaban J connectivity index is 1.80. The molecule has 2 atom stereocenters. The molecule has 0 bridgehead atoms. The lowest BCUT2D eigenvalue weighted by atomic mass is 10.1. The van der Waals surface area contributed by atoms with Crippen molar-refractivity contribution in [2.45, 2.75) is 44.0 Å². The molecule has 2 rings (SSSR count). The van der Waals surface area contributed by atoms with Crippen LogP contribution < -0.4 is 10.6 Å². The van der Waals surface area contributed by atoms with Crippen LogP contribution in [0.2, 0.25) is 0 Å². The van der Waals surface area contributed by atoms with Gasteiger partial charge < -0.3 is 10.6 Å². The van der Waals surface area contributed by atoms with Gasteiger partial charge >= 0.3 is 0 Å². The zero-order valence-electron chi connectivity index (χ0n) is 12.6. The Kier molecular flexibility index (Phi) is 5.77. The molecule has 0 radical (unpaired) electrons. The van der Waals surface area contributed by atoms with Crippen LogP contribution in [0, 0.1) is 6.92 Å². The number of nitrogens with one attached hydrogen (secondary N) is 2. The second kappa shape index (κ2) is 7.58. The van der Waals surface area contributed by atoms with Gasteiger partial charge in [-0.15, -0.1) is 0 Å². The number of hydrogen-bond donors (Lipinski definition) is 2. The summed E-state index contributed by atoms with van der Waals surface area (Å²) >= 11 is 1.98. The summed E-state index contributed by atoms with van der Waals surface area (Å²) < 4.78 is 0. The van der Waals surface area contributed by atoms with Crippen molar-refractivity contribution in [2.24, 2.45) is 4.99 Å². The molecule has 2 unspecified atom stereocenters. The molecule has 0 spiro atoms. The van der Waals surface area contributed by atoms with E-state index < -0.39 is 0 Å². The molecule has 0 aromatic heterocycles. The molecule has 1 aromatic carbocycles. The van der Waals surface area contributed by atoms with Crippen molar-refractivity contribution in [1.82, 2.24) is 10.6 Å². The van der Waals surface area contributed by atoms with Gasteiger partial charge in [0.1, 0.15) is 0 Å². The topological polar surface area (TPSA) is 36.4 Å². The highest BCUT2D eigenvalue weighted by atomic mass is 32.2. The summed E-state index contributed by atoms with van der Waals surface area (Å²) in [5.41, 5.74) is 2.58. The average molecular weight is 291 g/mol. The van der Waals surface area contributed by atoms with Gasteiger partial charge in [0.2, 0.25) is 0 Å². The lowest BCUT2D eigenvalue weighted by Gasteiger charge is -2.17. The van der Waals surface area contributed by atoms with Crippen molar-refractivity contribution in [2.75, 3.05) is 13.3 Å². The molecule has 3 nitrogen and oxygen atoms in total. The summed E-state index contributed by atoms with van der Waals surface area (Å²) in [4.78, 5) is 4.32. The number of nitrogens with zero attached hydrogens (tertiary/aromatic N) is 1. The molecule has 1 aliphatic rings. The molecule has 1 aliphatic carbocycles. The number of rotatable bonds is 4. The third-order valence-corrected chi connectivity index (χ3v) is 4.96. The Morgan fingerprint density at radius 1 is 1.30 bits per heavy atom. The molecule has 4 heteroatoms. The fourth-order valence-corrected chi connectivity index (χ4v) is 3.36. The summed E-state index contributed by atoms with van der Waals surface area (Å²) in [5, 5.41) is 7.74. The number of benzene rings is 1. The second-order valence-electron chi connectivity index (χ2n) is 5.42. The quantitative estimate of drug-likeness (QED) is 0.661. The zero-order chi connectivity index (χ0) is 14.4. The highest BCUT2D eigenvalue weighted by Gasteiger charge is 2.24. The smallest absolute Gasteiger partial charge is 0.191 e. The Morgan fingerprint density at radius 3 is 2.65 bits per heavy atom. The van der Waals surface area contributed by atoms with Gasteiger partial charge in [0.25, 0.3) is 0 Å². The first-order valence-electron chi connectivity index (χ1n) is 7.26. The summed E-state index contributed by atoms with van der Waals surface area (Å²) in [6, 6.07) is 9.18. The van der Waals surface area contributed by atoms with Crippen LogP contribution in [0.15, 0.2) is 29.3 Å². The van der Waals surface area contributed by atoms with Gasteiger partial charge in [-0.3, -0.25) is 4.99 Å². The van der Waals surface area contributed by atoms with E-state index in [1.807, 2.05) is 18.8 Å². The van der Waals surface area contributed by atoms with E-state index in [4.69, 9.17) is 0 Å². The Bertz CT molecular complexity index is 442. The van der Waals surface area contributed by atoms with E-state index in [-0.39, 0.29) is 0 Å². The van der Waals surface area contributed by atoms with Crippen LogP contribution in [0.3, 0.4) is 0 Å². The van der Waals surface area contributed by atoms with Crippen molar-refractivity contribution in [1.29, 1.82) is 0 Å². The van der Waals surface area contributed by atoms with Gasteiger partial charge in [-0.25, -0.2) is 0 Å². The predicted molar refractivity (Wildman–Crippen MR) is 89.5 cm³/mol. The highest BCUT2D eigenvalue weighted by Crippen LogP contribution is 2.27. The number of aryl methyl sites for hydroxylation is 1. The van der Waals surface area contributed by atoms with Crippen LogP contribution >= 0.6 is 11.8 Å². The van der Waals surface area contributed by atoms with E-state index in [1.54, 1.807) is 0 Å². The largest absolute Gasteiger partial charge is 0.354 e. The minimum Gasteiger partial charge on any atom is -0.354 e. The molecule has 0 amide bonds. The fraction of sp³-hybridized carbons (Fsp3) is 0.562. The summed E-state index contributed by atoms with van der Waals surface area (Å²) in [6.07, 6.45) is 6.01. The normalized spacial score (nSPS) is 22.9. The molecule has 20 heavy (non-hydrogen) atoms. The van der Waals surface area contributed by atoms with Crippen molar-refractivity contribution in [3.63, 3.8) is 0 Å². The van der Waals surface area contributed by atoms with Gasteiger partial charge in [0.15, 0.2) is 5.96 Å². The number of hydrogen-bond acceptors (Lipinski definition) is 2. The SMILES string of the molecule is CN=C(NCc1ccc(C)cc1)NC1CCC(SC)C1. The van der Waals surface area contributed by atoms with E-state index in [0.717, 1.165) is 17.8 Å². The number of thioether (sulfide) groups is 1. The maximum absolute atomic E-state index is 4.32. The fourth-order valence-electron chi connectivity index (χ4n) is 2.56. The summed E-state index contributed by atoms with van der Waals surface area (Å²) in [7, 11) is 1.84. The van der Waals surface area contributed by atoms with Gasteiger partial charge in [-0.2, -0.15) is 11.8 Å². The minimum atomic E-state index is 0.566. The molecule has 1 saturated carbocycles. The molecule has 0 heterocycles. The Morgan fingerprint density at radius 2 is 2.05 bits per heavy atom.